The first-order valence-corrected chi connectivity index (χ1v) is 7.11. The van der Waals surface area contributed by atoms with Crippen LogP contribution in [0.3, 0.4) is 0 Å². The van der Waals surface area contributed by atoms with E-state index in [0.717, 1.165) is 5.56 Å². The normalized spacial score (nSPS) is 10.3. The van der Waals surface area contributed by atoms with Gasteiger partial charge in [0, 0.05) is 24.1 Å². The molecule has 1 N–H and O–H groups in total. The lowest BCUT2D eigenvalue weighted by molar-refractivity contribution is -0.116. The van der Waals surface area contributed by atoms with Gasteiger partial charge in [-0.3, -0.25) is 9.59 Å². The van der Waals surface area contributed by atoms with Gasteiger partial charge in [0.05, 0.1) is 0 Å². The highest BCUT2D eigenvalue weighted by molar-refractivity contribution is 6.00. The van der Waals surface area contributed by atoms with Crippen LogP contribution < -0.4 is 5.32 Å². The molecule has 0 saturated carbocycles. The molecule has 0 aliphatic rings. The minimum absolute atomic E-state index is 0.0716. The Labute approximate surface area is 129 Å². The third-order valence-electron chi connectivity index (χ3n) is 3.41. The summed E-state index contributed by atoms with van der Waals surface area (Å²) >= 11 is 0. The highest BCUT2D eigenvalue weighted by Gasteiger charge is 2.10. The van der Waals surface area contributed by atoms with E-state index in [1.165, 1.54) is 6.07 Å². The highest BCUT2D eigenvalue weighted by atomic mass is 19.1. The van der Waals surface area contributed by atoms with Crippen LogP contribution in [0.4, 0.5) is 10.1 Å². The maximum absolute atomic E-state index is 13.4. The Morgan fingerprint density at radius 3 is 2.32 bits per heavy atom. The number of hydrogen-bond donors (Lipinski definition) is 1. The number of carbonyl (C=O) groups is 2. The summed E-state index contributed by atoms with van der Waals surface area (Å²) in [7, 11) is 0. The Bertz CT molecular complexity index is 693. The molecule has 0 radical (unpaired) electrons. The Hall–Kier alpha value is -2.49. The molecule has 0 atom stereocenters. The average molecular weight is 299 g/mol. The number of rotatable bonds is 5. The third kappa shape index (κ3) is 4.25. The van der Waals surface area contributed by atoms with E-state index in [1.807, 2.05) is 19.1 Å². The van der Waals surface area contributed by atoms with E-state index in [4.69, 9.17) is 0 Å². The molecule has 114 valence electrons. The van der Waals surface area contributed by atoms with Crippen molar-refractivity contribution in [2.45, 2.75) is 26.7 Å². The molecule has 0 unspecified atom stereocenters. The van der Waals surface area contributed by atoms with E-state index in [9.17, 15) is 14.0 Å². The largest absolute Gasteiger partial charge is 0.326 e. The zero-order chi connectivity index (χ0) is 16.1. The van der Waals surface area contributed by atoms with Crippen LogP contribution in [-0.2, 0) is 4.79 Å². The summed E-state index contributed by atoms with van der Waals surface area (Å²) in [6.07, 6.45) is 0.200. The Kier molecular flexibility index (Phi) is 5.04. The SMILES string of the molecule is Cc1ccc(C(=O)CCC(=O)Nc2ccc(C)c(F)c2)cc1. The second kappa shape index (κ2) is 6.98. The molecule has 4 heteroatoms. The molecule has 0 heterocycles. The molecule has 0 spiro atoms. The third-order valence-corrected chi connectivity index (χ3v) is 3.41. The maximum Gasteiger partial charge on any atom is 0.224 e. The summed E-state index contributed by atoms with van der Waals surface area (Å²) in [5.74, 6) is -0.748. The molecule has 0 aromatic heterocycles. The molecule has 0 bridgehead atoms. The summed E-state index contributed by atoms with van der Waals surface area (Å²) in [6.45, 7) is 3.60. The summed E-state index contributed by atoms with van der Waals surface area (Å²) in [5.41, 5.74) is 2.60. The van der Waals surface area contributed by atoms with Gasteiger partial charge in [-0.15, -0.1) is 0 Å². The van der Waals surface area contributed by atoms with Gasteiger partial charge in [-0.2, -0.15) is 0 Å². The van der Waals surface area contributed by atoms with Gasteiger partial charge >= 0.3 is 0 Å². The minimum Gasteiger partial charge on any atom is -0.326 e. The Morgan fingerprint density at radius 1 is 1.00 bits per heavy atom. The molecule has 0 aliphatic carbocycles. The van der Waals surface area contributed by atoms with E-state index in [0.29, 0.717) is 16.8 Å². The fraction of sp³-hybridized carbons (Fsp3) is 0.222. The fourth-order valence-corrected chi connectivity index (χ4v) is 2.00. The summed E-state index contributed by atoms with van der Waals surface area (Å²) in [6, 6.07) is 11.7. The number of anilines is 1. The maximum atomic E-state index is 13.4. The summed E-state index contributed by atoms with van der Waals surface area (Å²) in [4.78, 5) is 23.8. The second-order valence-electron chi connectivity index (χ2n) is 5.30. The van der Waals surface area contributed by atoms with Gasteiger partial charge in [0.1, 0.15) is 5.82 Å². The Morgan fingerprint density at radius 2 is 1.68 bits per heavy atom. The molecule has 2 rings (SSSR count). The first kappa shape index (κ1) is 15.9. The van der Waals surface area contributed by atoms with Gasteiger partial charge in [-0.1, -0.05) is 35.9 Å². The minimum atomic E-state index is -0.367. The van der Waals surface area contributed by atoms with Crippen LogP contribution in [-0.4, -0.2) is 11.7 Å². The van der Waals surface area contributed by atoms with E-state index in [2.05, 4.69) is 5.32 Å². The van der Waals surface area contributed by atoms with E-state index in [1.54, 1.807) is 31.2 Å². The van der Waals surface area contributed by atoms with Crippen molar-refractivity contribution in [2.75, 3.05) is 5.32 Å². The molecule has 0 fully saturated rings. The van der Waals surface area contributed by atoms with Crippen LogP contribution in [0.25, 0.3) is 0 Å². The van der Waals surface area contributed by atoms with Crippen LogP contribution in [0.15, 0.2) is 42.5 Å². The van der Waals surface area contributed by atoms with E-state index in [-0.39, 0.29) is 30.3 Å². The van der Waals surface area contributed by atoms with Crippen molar-refractivity contribution < 1.29 is 14.0 Å². The number of aryl methyl sites for hydroxylation is 2. The van der Waals surface area contributed by atoms with Crippen molar-refractivity contribution in [1.29, 1.82) is 0 Å². The second-order valence-corrected chi connectivity index (χ2v) is 5.30. The van der Waals surface area contributed by atoms with Gasteiger partial charge in [0.15, 0.2) is 5.78 Å². The first-order valence-electron chi connectivity index (χ1n) is 7.11. The van der Waals surface area contributed by atoms with E-state index >= 15 is 0 Å². The average Bonchev–Trinajstić information content (AvgIpc) is 2.49. The molecule has 0 saturated heterocycles. The van der Waals surface area contributed by atoms with Crippen molar-refractivity contribution >= 4 is 17.4 Å². The highest BCUT2D eigenvalue weighted by Crippen LogP contribution is 2.14. The quantitative estimate of drug-likeness (QED) is 0.847. The van der Waals surface area contributed by atoms with Gasteiger partial charge in [-0.05, 0) is 31.5 Å². The molecule has 0 aliphatic heterocycles. The van der Waals surface area contributed by atoms with Gasteiger partial charge in [-0.25, -0.2) is 4.39 Å². The molecule has 22 heavy (non-hydrogen) atoms. The number of Topliss-reactive ketones (excluding diaryl/α,β-unsaturated/α-hetero) is 1. The molecule has 1 amide bonds. The van der Waals surface area contributed by atoms with Crippen LogP contribution in [0.2, 0.25) is 0 Å². The van der Waals surface area contributed by atoms with Crippen molar-refractivity contribution in [3.05, 3.63) is 65.0 Å². The van der Waals surface area contributed by atoms with E-state index < -0.39 is 0 Å². The van der Waals surface area contributed by atoms with Crippen LogP contribution in [0.1, 0.15) is 34.3 Å². The first-order chi connectivity index (χ1) is 10.5. The number of benzene rings is 2. The molecular formula is C18H18FNO2. The summed E-state index contributed by atoms with van der Waals surface area (Å²) in [5, 5.41) is 2.59. The standard InChI is InChI=1S/C18H18FNO2/c1-12-3-6-14(7-4-12)17(21)9-10-18(22)20-15-8-5-13(2)16(19)11-15/h3-8,11H,9-10H2,1-2H3,(H,20,22). The zero-order valence-corrected chi connectivity index (χ0v) is 12.7. The van der Waals surface area contributed by atoms with Gasteiger partial charge < -0.3 is 5.32 Å². The number of halogens is 1. The van der Waals surface area contributed by atoms with Crippen molar-refractivity contribution in [2.24, 2.45) is 0 Å². The predicted molar refractivity (Wildman–Crippen MR) is 84.5 cm³/mol. The van der Waals surface area contributed by atoms with Crippen molar-refractivity contribution in [3.8, 4) is 0 Å². The molecular weight excluding hydrogens is 281 g/mol. The number of ketones is 1. The number of amides is 1. The molecule has 2 aromatic rings. The molecule has 3 nitrogen and oxygen atoms in total. The Balaban J connectivity index is 1.88. The van der Waals surface area contributed by atoms with Crippen molar-refractivity contribution in [3.63, 3.8) is 0 Å². The van der Waals surface area contributed by atoms with Crippen LogP contribution in [0, 0.1) is 19.7 Å². The van der Waals surface area contributed by atoms with Crippen molar-refractivity contribution in [1.82, 2.24) is 0 Å². The smallest absolute Gasteiger partial charge is 0.224 e. The number of carbonyl (C=O) groups excluding carboxylic acids is 2. The predicted octanol–water partition coefficient (Wildman–Crippen LogP) is 4.04. The number of hydrogen-bond acceptors (Lipinski definition) is 2. The van der Waals surface area contributed by atoms with Crippen LogP contribution >= 0.6 is 0 Å². The lowest BCUT2D eigenvalue weighted by Gasteiger charge is -2.06. The molecule has 2 aromatic carbocycles. The van der Waals surface area contributed by atoms with Gasteiger partial charge in [0.25, 0.3) is 0 Å². The number of nitrogens with one attached hydrogen (secondary N) is 1. The lowest BCUT2D eigenvalue weighted by atomic mass is 10.0. The monoisotopic (exact) mass is 299 g/mol. The topological polar surface area (TPSA) is 46.2 Å². The fourth-order valence-electron chi connectivity index (χ4n) is 2.00. The van der Waals surface area contributed by atoms with Crippen LogP contribution in [0.5, 0.6) is 0 Å². The zero-order valence-electron chi connectivity index (χ0n) is 12.7. The van der Waals surface area contributed by atoms with Gasteiger partial charge in [0.2, 0.25) is 5.91 Å². The summed E-state index contributed by atoms with van der Waals surface area (Å²) < 4.78 is 13.4. The lowest BCUT2D eigenvalue weighted by Crippen LogP contribution is -2.13.